The first kappa shape index (κ1) is 21.2. The molecule has 0 unspecified atom stereocenters. The topological polar surface area (TPSA) is 52.8 Å². The van der Waals surface area contributed by atoms with Crippen LogP contribution in [0.25, 0.3) is 22.1 Å². The van der Waals surface area contributed by atoms with E-state index in [1.807, 2.05) is 66.7 Å². The minimum Gasteiger partial charge on any atom is -0.493 e. The summed E-state index contributed by atoms with van der Waals surface area (Å²) in [7, 11) is 1.60. The summed E-state index contributed by atoms with van der Waals surface area (Å²) in [6.45, 7) is 0.408. The van der Waals surface area contributed by atoms with Crippen LogP contribution in [0.2, 0.25) is 0 Å². The first-order valence-electron chi connectivity index (χ1n) is 9.70. The fourth-order valence-electron chi connectivity index (χ4n) is 3.46. The average Bonchev–Trinajstić information content (AvgIpc) is 3.30. The van der Waals surface area contributed by atoms with E-state index in [2.05, 4.69) is 36.8 Å². The fourth-order valence-corrected chi connectivity index (χ4v) is 5.29. The summed E-state index contributed by atoms with van der Waals surface area (Å²) in [6.07, 6.45) is 1.85. The molecule has 0 aliphatic carbocycles. The molecule has 0 saturated heterocycles. The molecule has 0 spiro atoms. The van der Waals surface area contributed by atoms with Gasteiger partial charge < -0.3 is 9.47 Å². The van der Waals surface area contributed by atoms with Crippen molar-refractivity contribution in [3.05, 3.63) is 95.6 Å². The van der Waals surface area contributed by atoms with Crippen molar-refractivity contribution in [1.82, 2.24) is 9.38 Å². The highest BCUT2D eigenvalue weighted by molar-refractivity contribution is 9.10. The van der Waals surface area contributed by atoms with E-state index in [9.17, 15) is 4.79 Å². The van der Waals surface area contributed by atoms with Gasteiger partial charge in [0.25, 0.3) is 5.56 Å². The molecule has 0 amide bonds. The zero-order chi connectivity index (χ0) is 22.2. The number of hydrogen-bond donors (Lipinski definition) is 0. The van der Waals surface area contributed by atoms with Crippen molar-refractivity contribution < 1.29 is 9.47 Å². The Kier molecular flexibility index (Phi) is 5.75. The van der Waals surface area contributed by atoms with E-state index in [0.717, 1.165) is 31.1 Å². The Morgan fingerprint density at radius 3 is 2.66 bits per heavy atom. The predicted octanol–water partition coefficient (Wildman–Crippen LogP) is 5.57. The van der Waals surface area contributed by atoms with Crippen molar-refractivity contribution >= 4 is 65.3 Å². The van der Waals surface area contributed by atoms with Crippen molar-refractivity contribution in [2.75, 3.05) is 7.11 Å². The van der Waals surface area contributed by atoms with Gasteiger partial charge in [-0.3, -0.25) is 4.79 Å². The predicted molar refractivity (Wildman–Crippen MR) is 135 cm³/mol. The lowest BCUT2D eigenvalue weighted by Gasteiger charge is -2.13. The molecule has 8 heteroatoms. The van der Waals surface area contributed by atoms with Crippen LogP contribution in [-0.2, 0) is 6.61 Å². The van der Waals surface area contributed by atoms with Crippen LogP contribution in [0.5, 0.6) is 11.5 Å². The quantitative estimate of drug-likeness (QED) is 0.277. The maximum absolute atomic E-state index is 13.0. The van der Waals surface area contributed by atoms with Crippen LogP contribution >= 0.6 is 43.2 Å². The number of fused-ring (bicyclic) bond motifs is 3. The maximum Gasteiger partial charge on any atom is 0.274 e. The third-order valence-corrected chi connectivity index (χ3v) is 7.08. The third-order valence-electron chi connectivity index (χ3n) is 4.99. The van der Waals surface area contributed by atoms with Gasteiger partial charge in [-0.25, -0.2) is 9.38 Å². The highest BCUT2D eigenvalue weighted by Gasteiger charge is 2.14. The van der Waals surface area contributed by atoms with Gasteiger partial charge in [0.15, 0.2) is 16.5 Å². The molecule has 2 heterocycles. The number of aromatic nitrogens is 2. The fraction of sp³-hybridized carbons (Fsp3) is 0.0833. The van der Waals surface area contributed by atoms with Crippen LogP contribution in [0.3, 0.4) is 0 Å². The molecule has 5 aromatic rings. The van der Waals surface area contributed by atoms with Gasteiger partial charge >= 0.3 is 0 Å². The summed E-state index contributed by atoms with van der Waals surface area (Å²) in [4.78, 5) is 18.3. The summed E-state index contributed by atoms with van der Waals surface area (Å²) in [6, 6.07) is 19.4. The summed E-state index contributed by atoms with van der Waals surface area (Å²) in [5, 5.41) is 0. The Morgan fingerprint density at radius 2 is 1.88 bits per heavy atom. The Labute approximate surface area is 204 Å². The van der Waals surface area contributed by atoms with Crippen LogP contribution in [0, 0.1) is 0 Å². The zero-order valence-electron chi connectivity index (χ0n) is 16.8. The molecule has 0 aliphatic heterocycles. The summed E-state index contributed by atoms with van der Waals surface area (Å²) in [5.41, 5.74) is 3.43. The normalized spacial score (nSPS) is 12.0. The van der Waals surface area contributed by atoms with Crippen molar-refractivity contribution in [3.8, 4) is 11.5 Å². The van der Waals surface area contributed by atoms with Crippen LogP contribution in [0.4, 0.5) is 0 Å². The van der Waals surface area contributed by atoms with Crippen LogP contribution < -0.4 is 19.6 Å². The number of rotatable bonds is 5. The first-order chi connectivity index (χ1) is 15.5. The van der Waals surface area contributed by atoms with Crippen molar-refractivity contribution in [1.29, 1.82) is 0 Å². The van der Waals surface area contributed by atoms with E-state index in [4.69, 9.17) is 9.47 Å². The van der Waals surface area contributed by atoms with Gasteiger partial charge in [0.1, 0.15) is 6.61 Å². The molecule has 3 aromatic carbocycles. The van der Waals surface area contributed by atoms with Gasteiger partial charge in [0.05, 0.1) is 27.1 Å². The van der Waals surface area contributed by atoms with Gasteiger partial charge in [0, 0.05) is 4.47 Å². The Hall–Kier alpha value is -2.68. The summed E-state index contributed by atoms with van der Waals surface area (Å²) in [5.74, 6) is 1.20. The molecule has 5 rings (SSSR count). The molecule has 2 aromatic heterocycles. The third kappa shape index (κ3) is 3.94. The van der Waals surface area contributed by atoms with Crippen LogP contribution in [0.1, 0.15) is 11.1 Å². The number of nitrogens with zero attached hydrogens (tertiary/aromatic N) is 2. The minimum atomic E-state index is -0.0793. The highest BCUT2D eigenvalue weighted by atomic mass is 79.9. The smallest absolute Gasteiger partial charge is 0.274 e. The molecule has 0 atom stereocenters. The average molecular weight is 572 g/mol. The second-order valence-electron chi connectivity index (χ2n) is 7.08. The van der Waals surface area contributed by atoms with E-state index in [0.29, 0.717) is 27.6 Å². The van der Waals surface area contributed by atoms with E-state index in [1.54, 1.807) is 11.5 Å². The molecule has 0 radical (unpaired) electrons. The standard InChI is InChI=1S/C24H16Br2N2O3S/c1-30-20-11-15(10-17(26)22(20)31-13-14-6-8-16(25)9-7-14)12-21-23(29)28-19-5-3-2-4-18(19)27-24(28)32-21/h2-12H,13H2,1H3. The number of para-hydroxylation sites is 2. The van der Waals surface area contributed by atoms with Gasteiger partial charge in [-0.15, -0.1) is 0 Å². The molecule has 160 valence electrons. The molecule has 0 bridgehead atoms. The number of imidazole rings is 1. The Morgan fingerprint density at radius 1 is 1.09 bits per heavy atom. The minimum absolute atomic E-state index is 0.0793. The SMILES string of the molecule is COc1cc(C=c2sc3nc4ccccc4n3c2=O)cc(Br)c1OCc1ccc(Br)cc1. The largest absolute Gasteiger partial charge is 0.493 e. The summed E-state index contributed by atoms with van der Waals surface area (Å²) >= 11 is 8.40. The van der Waals surface area contributed by atoms with E-state index >= 15 is 0 Å². The van der Waals surface area contributed by atoms with Crippen molar-refractivity contribution in [3.63, 3.8) is 0 Å². The molecule has 0 saturated carbocycles. The number of methoxy groups -OCH3 is 1. The first-order valence-corrected chi connectivity index (χ1v) is 12.1. The number of ether oxygens (including phenoxy) is 2. The van der Waals surface area contributed by atoms with Gasteiger partial charge in [-0.1, -0.05) is 51.5 Å². The van der Waals surface area contributed by atoms with E-state index in [1.165, 1.54) is 11.3 Å². The molecule has 0 fully saturated rings. The summed E-state index contributed by atoms with van der Waals surface area (Å²) < 4.78 is 15.6. The zero-order valence-corrected chi connectivity index (χ0v) is 20.8. The van der Waals surface area contributed by atoms with Gasteiger partial charge in [-0.05, 0) is 69.5 Å². The van der Waals surface area contributed by atoms with Gasteiger partial charge in [0.2, 0.25) is 0 Å². The lowest BCUT2D eigenvalue weighted by molar-refractivity contribution is 0.282. The van der Waals surface area contributed by atoms with Crippen LogP contribution in [0.15, 0.2) is 74.4 Å². The van der Waals surface area contributed by atoms with Crippen molar-refractivity contribution in [2.24, 2.45) is 0 Å². The monoisotopic (exact) mass is 570 g/mol. The number of hydrogen-bond acceptors (Lipinski definition) is 5. The van der Waals surface area contributed by atoms with Gasteiger partial charge in [-0.2, -0.15) is 0 Å². The highest BCUT2D eigenvalue weighted by Crippen LogP contribution is 2.37. The number of thiazole rings is 1. The lowest BCUT2D eigenvalue weighted by atomic mass is 10.2. The molecular formula is C24H16Br2N2O3S. The second kappa shape index (κ2) is 8.69. The maximum atomic E-state index is 13.0. The Bertz CT molecular complexity index is 1560. The van der Waals surface area contributed by atoms with Crippen molar-refractivity contribution in [2.45, 2.75) is 6.61 Å². The number of benzene rings is 3. The molecule has 0 N–H and O–H groups in total. The Balaban J connectivity index is 1.51. The molecule has 32 heavy (non-hydrogen) atoms. The molecule has 5 nitrogen and oxygen atoms in total. The number of halogens is 2. The second-order valence-corrected chi connectivity index (χ2v) is 9.86. The van der Waals surface area contributed by atoms with Crippen LogP contribution in [-0.4, -0.2) is 16.5 Å². The molecular weight excluding hydrogens is 556 g/mol. The van der Waals surface area contributed by atoms with E-state index in [-0.39, 0.29) is 5.56 Å². The molecule has 0 aliphatic rings. The van der Waals surface area contributed by atoms with E-state index < -0.39 is 0 Å². The lowest BCUT2D eigenvalue weighted by Crippen LogP contribution is -2.22.